The first-order valence-electron chi connectivity index (χ1n) is 7.15. The minimum Gasteiger partial charge on any atom is -0.480 e. The predicted molar refractivity (Wildman–Crippen MR) is 78.8 cm³/mol. The van der Waals surface area contributed by atoms with E-state index in [-0.39, 0.29) is 11.7 Å². The predicted octanol–water partition coefficient (Wildman–Crippen LogP) is 2.09. The number of carboxylic acid groups (broad SMARTS) is 1. The van der Waals surface area contributed by atoms with E-state index in [4.69, 9.17) is 10.8 Å². The standard InChI is InChI=1S/C15H19N3O3/c1-2-3-4-5-6-9-7-8-17-14-10(9)12(19)11(15(20)21)13(16)18-14/h7-8,11H,2-6H2,1H3,(H,20,21)(H2,16,17,18). The third-order valence-corrected chi connectivity index (χ3v) is 3.60. The molecule has 0 saturated carbocycles. The number of fused-ring (bicyclic) bond motifs is 1. The zero-order valence-corrected chi connectivity index (χ0v) is 12.0. The van der Waals surface area contributed by atoms with Crippen molar-refractivity contribution < 1.29 is 14.7 Å². The molecule has 0 bridgehead atoms. The van der Waals surface area contributed by atoms with Crippen LogP contribution in [0.4, 0.5) is 5.82 Å². The van der Waals surface area contributed by atoms with E-state index < -0.39 is 17.7 Å². The van der Waals surface area contributed by atoms with Crippen molar-refractivity contribution in [2.75, 3.05) is 0 Å². The summed E-state index contributed by atoms with van der Waals surface area (Å²) in [5.74, 6) is -3.13. The first kappa shape index (κ1) is 15.2. The lowest BCUT2D eigenvalue weighted by Gasteiger charge is -2.19. The number of aliphatic carboxylic acids is 1. The fraction of sp³-hybridized carbons (Fsp3) is 0.467. The largest absolute Gasteiger partial charge is 0.480 e. The van der Waals surface area contributed by atoms with Gasteiger partial charge >= 0.3 is 5.97 Å². The topological polar surface area (TPSA) is 106 Å². The molecular formula is C15H19N3O3. The molecule has 0 radical (unpaired) electrons. The highest BCUT2D eigenvalue weighted by molar-refractivity contribution is 6.26. The smallest absolute Gasteiger partial charge is 0.322 e. The van der Waals surface area contributed by atoms with E-state index >= 15 is 0 Å². The maximum atomic E-state index is 12.4. The number of nitrogens with two attached hydrogens (primary N) is 1. The number of hydrogen-bond donors (Lipinski definition) is 2. The Labute approximate surface area is 123 Å². The zero-order chi connectivity index (χ0) is 15.4. The Hall–Kier alpha value is -2.24. The van der Waals surface area contributed by atoms with Crippen LogP contribution in [0.3, 0.4) is 0 Å². The van der Waals surface area contributed by atoms with Crippen molar-refractivity contribution in [1.29, 1.82) is 0 Å². The normalized spacial score (nSPS) is 17.3. The molecule has 2 heterocycles. The third kappa shape index (κ3) is 3.09. The van der Waals surface area contributed by atoms with E-state index in [1.54, 1.807) is 12.3 Å². The molecule has 1 atom stereocenters. The summed E-state index contributed by atoms with van der Waals surface area (Å²) < 4.78 is 0. The van der Waals surface area contributed by atoms with Gasteiger partial charge in [0.05, 0.1) is 5.56 Å². The Balaban J connectivity index is 2.31. The molecule has 1 aliphatic rings. The molecule has 0 saturated heterocycles. The van der Waals surface area contributed by atoms with Gasteiger partial charge in [-0.1, -0.05) is 26.2 Å². The summed E-state index contributed by atoms with van der Waals surface area (Å²) in [6.45, 7) is 2.13. The van der Waals surface area contributed by atoms with Gasteiger partial charge in [-0.2, -0.15) is 0 Å². The number of aryl methyl sites for hydroxylation is 1. The summed E-state index contributed by atoms with van der Waals surface area (Å²) in [4.78, 5) is 31.6. The van der Waals surface area contributed by atoms with Crippen molar-refractivity contribution in [2.24, 2.45) is 16.6 Å². The summed E-state index contributed by atoms with van der Waals surface area (Å²) in [6, 6.07) is 1.76. The van der Waals surface area contributed by atoms with Gasteiger partial charge in [0.15, 0.2) is 17.5 Å². The quantitative estimate of drug-likeness (QED) is 0.616. The highest BCUT2D eigenvalue weighted by atomic mass is 16.4. The Morgan fingerprint density at radius 1 is 1.38 bits per heavy atom. The van der Waals surface area contributed by atoms with E-state index in [2.05, 4.69) is 16.9 Å². The molecule has 1 aliphatic heterocycles. The Morgan fingerprint density at radius 2 is 2.14 bits per heavy atom. The number of hydrogen-bond acceptors (Lipinski definition) is 5. The number of nitrogens with zero attached hydrogens (tertiary/aromatic N) is 2. The van der Waals surface area contributed by atoms with Gasteiger partial charge in [0.2, 0.25) is 0 Å². The van der Waals surface area contributed by atoms with Crippen LogP contribution in [0, 0.1) is 5.92 Å². The Bertz CT molecular complexity index is 596. The van der Waals surface area contributed by atoms with Crippen LogP contribution in [-0.2, 0) is 11.2 Å². The maximum absolute atomic E-state index is 12.4. The Morgan fingerprint density at radius 3 is 2.81 bits per heavy atom. The van der Waals surface area contributed by atoms with E-state index in [1.165, 1.54) is 0 Å². The van der Waals surface area contributed by atoms with Crippen LogP contribution in [0.5, 0.6) is 0 Å². The zero-order valence-electron chi connectivity index (χ0n) is 12.0. The lowest BCUT2D eigenvalue weighted by atomic mass is 9.89. The SMILES string of the molecule is CCCCCCc1ccnc2c1C(=O)C(C(=O)O)C(N)=N2. The number of rotatable bonds is 6. The summed E-state index contributed by atoms with van der Waals surface area (Å²) in [5, 5.41) is 9.14. The lowest BCUT2D eigenvalue weighted by Crippen LogP contribution is -2.39. The average Bonchev–Trinajstić information content (AvgIpc) is 2.42. The summed E-state index contributed by atoms with van der Waals surface area (Å²) >= 11 is 0. The molecule has 1 unspecified atom stereocenters. The van der Waals surface area contributed by atoms with Gasteiger partial charge in [-0.05, 0) is 24.5 Å². The van der Waals surface area contributed by atoms with Gasteiger partial charge in [-0.3, -0.25) is 9.59 Å². The second-order valence-corrected chi connectivity index (χ2v) is 5.15. The number of carbonyl (C=O) groups is 2. The molecule has 112 valence electrons. The molecule has 1 aromatic heterocycles. The Kier molecular flexibility index (Phi) is 4.67. The summed E-state index contributed by atoms with van der Waals surface area (Å²) in [6.07, 6.45) is 6.61. The van der Waals surface area contributed by atoms with Gasteiger partial charge < -0.3 is 10.8 Å². The van der Waals surface area contributed by atoms with Crippen LogP contribution in [0.15, 0.2) is 17.3 Å². The highest BCUT2D eigenvalue weighted by Gasteiger charge is 2.37. The van der Waals surface area contributed by atoms with E-state index in [9.17, 15) is 9.59 Å². The maximum Gasteiger partial charge on any atom is 0.322 e. The van der Waals surface area contributed by atoms with Crippen LogP contribution in [0.1, 0.15) is 48.5 Å². The molecule has 21 heavy (non-hydrogen) atoms. The number of pyridine rings is 1. The fourth-order valence-corrected chi connectivity index (χ4v) is 2.50. The fourth-order valence-electron chi connectivity index (χ4n) is 2.50. The monoisotopic (exact) mass is 289 g/mol. The minimum atomic E-state index is -1.39. The minimum absolute atomic E-state index is 0.198. The van der Waals surface area contributed by atoms with Crippen molar-refractivity contribution >= 4 is 23.4 Å². The van der Waals surface area contributed by atoms with E-state index in [1.807, 2.05) is 0 Å². The van der Waals surface area contributed by atoms with Gasteiger partial charge in [-0.25, -0.2) is 9.98 Å². The van der Waals surface area contributed by atoms with E-state index in [0.29, 0.717) is 5.56 Å². The van der Waals surface area contributed by atoms with E-state index in [0.717, 1.165) is 37.7 Å². The average molecular weight is 289 g/mol. The number of amidine groups is 1. The van der Waals surface area contributed by atoms with Crippen molar-refractivity contribution in [3.63, 3.8) is 0 Å². The van der Waals surface area contributed by atoms with Crippen molar-refractivity contribution in [2.45, 2.75) is 39.0 Å². The number of Topliss-reactive ketones (excluding diaryl/α,β-unsaturated/α-hetero) is 1. The van der Waals surface area contributed by atoms with Crippen molar-refractivity contribution in [3.8, 4) is 0 Å². The van der Waals surface area contributed by atoms with Crippen LogP contribution in [0.2, 0.25) is 0 Å². The number of aromatic nitrogens is 1. The van der Waals surface area contributed by atoms with Gasteiger partial charge in [0.25, 0.3) is 0 Å². The molecule has 0 aromatic carbocycles. The molecule has 6 nitrogen and oxygen atoms in total. The molecule has 0 amide bonds. The van der Waals surface area contributed by atoms with Crippen LogP contribution >= 0.6 is 0 Å². The molecular weight excluding hydrogens is 270 g/mol. The van der Waals surface area contributed by atoms with Crippen LogP contribution in [-0.4, -0.2) is 27.7 Å². The first-order valence-corrected chi connectivity index (χ1v) is 7.15. The number of unbranched alkanes of at least 4 members (excludes halogenated alkanes) is 3. The molecule has 1 aromatic rings. The van der Waals surface area contributed by atoms with Gasteiger partial charge in [0.1, 0.15) is 5.84 Å². The van der Waals surface area contributed by atoms with Gasteiger partial charge in [0, 0.05) is 6.20 Å². The number of aliphatic imine (C=N–C) groups is 1. The molecule has 6 heteroatoms. The molecule has 0 aliphatic carbocycles. The second-order valence-electron chi connectivity index (χ2n) is 5.15. The number of ketones is 1. The number of carbonyl (C=O) groups excluding carboxylic acids is 1. The molecule has 0 spiro atoms. The van der Waals surface area contributed by atoms with Crippen molar-refractivity contribution in [1.82, 2.24) is 4.98 Å². The van der Waals surface area contributed by atoms with Gasteiger partial charge in [-0.15, -0.1) is 0 Å². The third-order valence-electron chi connectivity index (χ3n) is 3.60. The lowest BCUT2D eigenvalue weighted by molar-refractivity contribution is -0.138. The second kappa shape index (κ2) is 6.47. The van der Waals surface area contributed by atoms with Crippen molar-refractivity contribution in [3.05, 3.63) is 23.4 Å². The molecule has 0 fully saturated rings. The van der Waals surface area contributed by atoms with Crippen LogP contribution < -0.4 is 5.73 Å². The van der Waals surface area contributed by atoms with Crippen LogP contribution in [0.25, 0.3) is 0 Å². The summed E-state index contributed by atoms with van der Waals surface area (Å²) in [7, 11) is 0. The molecule has 3 N–H and O–H groups in total. The summed E-state index contributed by atoms with van der Waals surface area (Å²) in [5.41, 5.74) is 6.71. The molecule has 2 rings (SSSR count). The highest BCUT2D eigenvalue weighted by Crippen LogP contribution is 2.29. The number of carboxylic acids is 1. The first-order chi connectivity index (χ1) is 10.1.